The third kappa shape index (κ3) is 8.30. The molecule has 1 saturated heterocycles. The number of alkyl halides is 3. The first kappa shape index (κ1) is 40.8. The summed E-state index contributed by atoms with van der Waals surface area (Å²) >= 11 is 0. The molecule has 3 aromatic heterocycles. The molecule has 0 bridgehead atoms. The van der Waals surface area contributed by atoms with Crippen LogP contribution in [0.5, 0.6) is 5.75 Å². The number of aliphatic hydroxyl groups excluding tert-OH is 2. The van der Waals surface area contributed by atoms with Gasteiger partial charge in [-0.15, -0.1) is 0 Å². The predicted molar refractivity (Wildman–Crippen MR) is 201 cm³/mol. The molecule has 2 aromatic carbocycles. The number of ether oxygens (including phenoxy) is 1. The van der Waals surface area contributed by atoms with E-state index in [2.05, 4.69) is 20.6 Å². The average Bonchev–Trinajstić information content (AvgIpc) is 3.86. The van der Waals surface area contributed by atoms with E-state index in [1.165, 1.54) is 49.1 Å². The summed E-state index contributed by atoms with van der Waals surface area (Å²) < 4.78 is 72.2. The van der Waals surface area contributed by atoms with E-state index in [1.807, 2.05) is 0 Å². The zero-order valence-corrected chi connectivity index (χ0v) is 31.8. The quantitative estimate of drug-likeness (QED) is 0.0909. The lowest BCUT2D eigenvalue weighted by Gasteiger charge is -2.56. The van der Waals surface area contributed by atoms with E-state index in [0.717, 1.165) is 0 Å². The van der Waals surface area contributed by atoms with Gasteiger partial charge in [-0.2, -0.15) is 13.2 Å². The molecule has 4 atom stereocenters. The van der Waals surface area contributed by atoms with Crippen LogP contribution in [0.25, 0.3) is 22.3 Å². The number of carbonyl (C=O) groups is 2. The van der Waals surface area contributed by atoms with Gasteiger partial charge in [-0.05, 0) is 69.6 Å². The van der Waals surface area contributed by atoms with Crippen molar-refractivity contribution in [1.82, 2.24) is 30.4 Å². The number of unbranched alkanes of at least 4 members (excludes halogenated alkanes) is 1. The van der Waals surface area contributed by atoms with Crippen molar-refractivity contribution in [1.29, 1.82) is 0 Å². The Hall–Kier alpha value is -5.36. The Morgan fingerprint density at radius 3 is 2.57 bits per heavy atom. The fourth-order valence-electron chi connectivity index (χ4n) is 7.89. The van der Waals surface area contributed by atoms with E-state index in [-0.39, 0.29) is 50.9 Å². The van der Waals surface area contributed by atoms with E-state index >= 15 is 0 Å². The first-order valence-corrected chi connectivity index (χ1v) is 18.9. The number of halogens is 4. The van der Waals surface area contributed by atoms with Crippen LogP contribution >= 0.6 is 0 Å². The van der Waals surface area contributed by atoms with Crippen molar-refractivity contribution in [2.45, 2.75) is 75.2 Å². The molecule has 0 spiro atoms. The van der Waals surface area contributed by atoms with Crippen molar-refractivity contribution < 1.29 is 50.9 Å². The molecule has 0 aliphatic carbocycles. The molecule has 7 rings (SSSR count). The lowest BCUT2D eigenvalue weighted by atomic mass is 9.81. The molecule has 17 heteroatoms. The molecule has 1 fully saturated rings. The molecule has 4 N–H and O–H groups in total. The highest BCUT2D eigenvalue weighted by Gasteiger charge is 2.58. The molecule has 308 valence electrons. The van der Waals surface area contributed by atoms with Crippen LogP contribution in [0.4, 0.5) is 17.6 Å². The standard InChI is InChI=1S/C41H44F4N6O7/c1-39(2,37-47-21-32(58-37)25-10-12-27(42)13-11-25)51-18-17-50(16-6-5-9-34(53)49-35-29-7-3-4-8-31(29)57-23-30(35)52)40(38(51)55,36(54)48-24-41(43,44)45)19-26-22-56-33-20-46-15-14-28(26)33/h3-4,7-8,10-15,20-22,30,35,38,52,55H,5-6,9,16-19,23-24H2,1-2H3,(H,48,54)(H,49,53)/t30-,35+,38+,40-/m1/s1. The van der Waals surface area contributed by atoms with Gasteiger partial charge in [-0.25, -0.2) is 9.37 Å². The number of rotatable bonds is 13. The number of amides is 2. The number of nitrogens with one attached hydrogen (secondary N) is 2. The SMILES string of the molecule is CC(C)(c1ncc(-c2ccc(F)cc2)o1)N1CCN(CCCCC(=O)N[C@H]2c3ccccc3OC[C@H]2O)[C@](Cc2coc3cnccc23)(C(=O)NCC(F)(F)F)[C@@H]1O. The average molecular weight is 809 g/mol. The summed E-state index contributed by atoms with van der Waals surface area (Å²) in [4.78, 5) is 39.5. The van der Waals surface area contributed by atoms with Crippen molar-refractivity contribution in [3.63, 3.8) is 0 Å². The number of hydrogen-bond donors (Lipinski definition) is 4. The van der Waals surface area contributed by atoms with Crippen LogP contribution in [0.15, 0.2) is 88.3 Å². The van der Waals surface area contributed by atoms with Gasteiger partial charge in [-0.3, -0.25) is 24.4 Å². The largest absolute Gasteiger partial charge is 0.490 e. The maximum absolute atomic E-state index is 14.5. The van der Waals surface area contributed by atoms with Crippen molar-refractivity contribution in [3.05, 3.63) is 102 Å². The minimum Gasteiger partial charge on any atom is -0.490 e. The number of aliphatic hydroxyl groups is 2. The Kier molecular flexibility index (Phi) is 11.6. The van der Waals surface area contributed by atoms with E-state index < -0.39 is 53.9 Å². The van der Waals surface area contributed by atoms with Crippen molar-refractivity contribution in [2.75, 3.05) is 32.8 Å². The molecule has 2 aliphatic rings. The number of hydrogen-bond acceptors (Lipinski definition) is 11. The van der Waals surface area contributed by atoms with Crippen molar-refractivity contribution >= 4 is 22.8 Å². The molecule has 5 heterocycles. The van der Waals surface area contributed by atoms with Crippen molar-refractivity contribution in [3.8, 4) is 17.1 Å². The topological polar surface area (TPSA) is 166 Å². The monoisotopic (exact) mass is 808 g/mol. The minimum absolute atomic E-state index is 0.0133. The zero-order valence-electron chi connectivity index (χ0n) is 31.8. The maximum atomic E-state index is 14.5. The summed E-state index contributed by atoms with van der Waals surface area (Å²) in [6.07, 6.45) is -1.18. The highest BCUT2D eigenvalue weighted by atomic mass is 19.4. The fraction of sp³-hybridized carbons (Fsp3) is 0.415. The van der Waals surface area contributed by atoms with Gasteiger partial charge in [0, 0.05) is 54.2 Å². The molecule has 0 unspecified atom stereocenters. The summed E-state index contributed by atoms with van der Waals surface area (Å²) in [6.45, 7) is 2.17. The number of para-hydroxylation sites is 1. The van der Waals surface area contributed by atoms with Gasteiger partial charge < -0.3 is 34.4 Å². The number of furan rings is 1. The predicted octanol–water partition coefficient (Wildman–Crippen LogP) is 5.23. The van der Waals surface area contributed by atoms with Crippen LogP contribution in [-0.2, 0) is 21.5 Å². The molecule has 58 heavy (non-hydrogen) atoms. The highest BCUT2D eigenvalue weighted by molar-refractivity contribution is 5.89. The summed E-state index contributed by atoms with van der Waals surface area (Å²) in [7, 11) is 0. The number of pyridine rings is 1. The molecule has 2 aliphatic heterocycles. The van der Waals surface area contributed by atoms with Crippen LogP contribution in [-0.4, -0.2) is 98.6 Å². The van der Waals surface area contributed by atoms with Gasteiger partial charge in [-0.1, -0.05) is 18.2 Å². The van der Waals surface area contributed by atoms with Crippen LogP contribution < -0.4 is 15.4 Å². The smallest absolute Gasteiger partial charge is 0.405 e. The Bertz CT molecular complexity index is 2230. The lowest BCUT2D eigenvalue weighted by molar-refractivity contribution is -0.196. The van der Waals surface area contributed by atoms with Gasteiger partial charge in [0.25, 0.3) is 0 Å². The number of fused-ring (bicyclic) bond motifs is 2. The lowest BCUT2D eigenvalue weighted by Crippen LogP contribution is -2.76. The summed E-state index contributed by atoms with van der Waals surface area (Å²) in [5, 5.41) is 28.7. The third-order valence-corrected chi connectivity index (χ3v) is 11.0. The van der Waals surface area contributed by atoms with Gasteiger partial charge >= 0.3 is 6.18 Å². The number of oxazole rings is 1. The maximum Gasteiger partial charge on any atom is 0.405 e. The third-order valence-electron chi connectivity index (χ3n) is 11.0. The first-order valence-electron chi connectivity index (χ1n) is 18.9. The Labute approximate surface area is 331 Å². The first-order chi connectivity index (χ1) is 27.7. The van der Waals surface area contributed by atoms with E-state index in [9.17, 15) is 37.4 Å². The van der Waals surface area contributed by atoms with Crippen LogP contribution in [0.2, 0.25) is 0 Å². The Morgan fingerprint density at radius 1 is 1.02 bits per heavy atom. The van der Waals surface area contributed by atoms with E-state index in [4.69, 9.17) is 13.6 Å². The Morgan fingerprint density at radius 2 is 1.79 bits per heavy atom. The van der Waals surface area contributed by atoms with E-state index in [0.29, 0.717) is 52.0 Å². The summed E-state index contributed by atoms with van der Waals surface area (Å²) in [6, 6.07) is 13.7. The molecule has 2 amide bonds. The van der Waals surface area contributed by atoms with Gasteiger partial charge in [0.2, 0.25) is 17.7 Å². The van der Waals surface area contributed by atoms with Crippen molar-refractivity contribution in [2.24, 2.45) is 0 Å². The second-order valence-electron chi connectivity index (χ2n) is 15.1. The Balaban J connectivity index is 1.17. The summed E-state index contributed by atoms with van der Waals surface area (Å²) in [5.41, 5.74) is -1.23. The fourth-order valence-corrected chi connectivity index (χ4v) is 7.89. The molecule has 0 saturated carbocycles. The van der Waals surface area contributed by atoms with Crippen LogP contribution in [0.3, 0.4) is 0 Å². The highest BCUT2D eigenvalue weighted by Crippen LogP contribution is 2.41. The molecule has 5 aromatic rings. The van der Waals surface area contributed by atoms with Gasteiger partial charge in [0.05, 0.1) is 30.2 Å². The second-order valence-corrected chi connectivity index (χ2v) is 15.1. The number of nitrogens with zero attached hydrogens (tertiary/aromatic N) is 4. The minimum atomic E-state index is -4.75. The second kappa shape index (κ2) is 16.5. The molecule has 13 nitrogen and oxygen atoms in total. The van der Waals surface area contributed by atoms with Gasteiger partial charge in [0.1, 0.15) is 42.6 Å². The normalized spacial score (nSPS) is 21.7. The van der Waals surface area contributed by atoms with Gasteiger partial charge in [0.15, 0.2) is 11.3 Å². The summed E-state index contributed by atoms with van der Waals surface area (Å²) in [5.74, 6) is -0.792. The number of benzene rings is 2. The van der Waals surface area contributed by atoms with Crippen LogP contribution in [0, 0.1) is 5.82 Å². The molecule has 0 radical (unpaired) electrons. The molecular weight excluding hydrogens is 764 g/mol. The number of carbonyl (C=O) groups excluding carboxylic acids is 2. The number of piperazine rings is 1. The van der Waals surface area contributed by atoms with Crippen LogP contribution in [0.1, 0.15) is 56.2 Å². The zero-order chi connectivity index (χ0) is 41.2. The van der Waals surface area contributed by atoms with E-state index in [1.54, 1.807) is 54.0 Å². The number of aromatic nitrogens is 2. The molecular formula is C41H44F4N6O7.